The number of H-pyrrole nitrogens is 1. The highest BCUT2D eigenvalue weighted by Crippen LogP contribution is 2.49. The van der Waals surface area contributed by atoms with E-state index < -0.39 is 11.2 Å². The molecular weight excluding hydrogens is 416 g/mol. The summed E-state index contributed by atoms with van der Waals surface area (Å²) in [5.74, 6) is 0.774. The molecule has 170 valence electrons. The molecule has 0 saturated heterocycles. The van der Waals surface area contributed by atoms with E-state index in [2.05, 4.69) is 4.98 Å². The molecule has 7 nitrogen and oxygen atoms in total. The minimum absolute atomic E-state index is 0.0139. The summed E-state index contributed by atoms with van der Waals surface area (Å²) in [5.41, 5.74) is 7.06. The fourth-order valence-electron chi connectivity index (χ4n) is 5.54. The molecule has 2 bridgehead atoms. The van der Waals surface area contributed by atoms with Crippen LogP contribution in [0.4, 0.5) is 11.5 Å². The van der Waals surface area contributed by atoms with Crippen molar-refractivity contribution in [1.82, 2.24) is 9.55 Å². The second-order valence-electron chi connectivity index (χ2n) is 9.26. The molecule has 1 heterocycles. The van der Waals surface area contributed by atoms with Gasteiger partial charge in [-0.25, -0.2) is 4.79 Å². The maximum Gasteiger partial charge on any atom is 0.330 e. The highest BCUT2D eigenvalue weighted by atomic mass is 16.2. The molecule has 3 atom stereocenters. The topological polar surface area (TPSA) is 101 Å². The summed E-state index contributed by atoms with van der Waals surface area (Å²) in [6.45, 7) is 0.432. The fourth-order valence-corrected chi connectivity index (χ4v) is 5.54. The lowest BCUT2D eigenvalue weighted by Crippen LogP contribution is -2.44. The SMILES string of the molecule is Nc1c(N(Cc2ccccc2)C(=O)C2CC3CCC2C3)c(=O)[nH]c(=O)n1Cc1ccccc1. The van der Waals surface area contributed by atoms with Crippen LogP contribution >= 0.6 is 0 Å². The largest absolute Gasteiger partial charge is 0.383 e. The first-order valence-electron chi connectivity index (χ1n) is 11.5. The summed E-state index contributed by atoms with van der Waals surface area (Å²) < 4.78 is 1.33. The molecule has 3 aromatic rings. The van der Waals surface area contributed by atoms with Crippen molar-refractivity contribution in [2.75, 3.05) is 10.6 Å². The van der Waals surface area contributed by atoms with Gasteiger partial charge in [0.1, 0.15) is 5.82 Å². The number of anilines is 2. The molecule has 1 aromatic heterocycles. The summed E-state index contributed by atoms with van der Waals surface area (Å²) in [6, 6.07) is 19.0. The third kappa shape index (κ3) is 4.11. The Labute approximate surface area is 191 Å². The average molecular weight is 445 g/mol. The van der Waals surface area contributed by atoms with Crippen molar-refractivity contribution in [3.8, 4) is 0 Å². The van der Waals surface area contributed by atoms with Gasteiger partial charge in [-0.15, -0.1) is 0 Å². The number of nitrogens with one attached hydrogen (secondary N) is 1. The molecule has 2 aliphatic carbocycles. The molecule has 2 aliphatic rings. The van der Waals surface area contributed by atoms with E-state index in [1.807, 2.05) is 60.7 Å². The number of fused-ring (bicyclic) bond motifs is 2. The van der Waals surface area contributed by atoms with Crippen LogP contribution < -0.4 is 21.9 Å². The summed E-state index contributed by atoms with van der Waals surface area (Å²) >= 11 is 0. The summed E-state index contributed by atoms with van der Waals surface area (Å²) in [7, 11) is 0. The van der Waals surface area contributed by atoms with Crippen molar-refractivity contribution < 1.29 is 4.79 Å². The molecule has 0 radical (unpaired) electrons. The van der Waals surface area contributed by atoms with Crippen LogP contribution in [0.2, 0.25) is 0 Å². The van der Waals surface area contributed by atoms with Gasteiger partial charge in [0.05, 0.1) is 13.1 Å². The van der Waals surface area contributed by atoms with E-state index in [4.69, 9.17) is 5.73 Å². The van der Waals surface area contributed by atoms with E-state index in [1.54, 1.807) is 0 Å². The van der Waals surface area contributed by atoms with Gasteiger partial charge < -0.3 is 5.73 Å². The molecule has 1 amide bonds. The van der Waals surface area contributed by atoms with E-state index in [-0.39, 0.29) is 36.4 Å². The lowest BCUT2D eigenvalue weighted by atomic mass is 9.87. The Morgan fingerprint density at radius 1 is 0.970 bits per heavy atom. The third-order valence-corrected chi connectivity index (χ3v) is 7.17. The third-order valence-electron chi connectivity index (χ3n) is 7.17. The lowest BCUT2D eigenvalue weighted by Gasteiger charge is -2.30. The van der Waals surface area contributed by atoms with Crippen LogP contribution in [0.5, 0.6) is 0 Å². The number of rotatable bonds is 6. The highest BCUT2D eigenvalue weighted by molar-refractivity contribution is 5.97. The maximum atomic E-state index is 13.8. The van der Waals surface area contributed by atoms with Crippen molar-refractivity contribution in [1.29, 1.82) is 0 Å². The molecule has 5 rings (SSSR count). The van der Waals surface area contributed by atoms with E-state index >= 15 is 0 Å². The second-order valence-corrected chi connectivity index (χ2v) is 9.26. The monoisotopic (exact) mass is 444 g/mol. The first kappa shape index (κ1) is 21.2. The fraction of sp³-hybridized carbons (Fsp3) is 0.346. The standard InChI is InChI=1S/C26H28N4O3/c27-23-22(24(31)28-26(33)30(23)16-18-9-5-2-6-10-18)29(15-17-7-3-1-4-8-17)25(32)21-14-19-11-12-20(21)13-19/h1-10,19-21H,11-16,27H2,(H,28,31,33). The van der Waals surface area contributed by atoms with Crippen molar-refractivity contribution in [2.45, 2.75) is 38.8 Å². The van der Waals surface area contributed by atoms with Gasteiger partial charge in [0.25, 0.3) is 5.56 Å². The molecular formula is C26H28N4O3. The Hall–Kier alpha value is -3.61. The highest BCUT2D eigenvalue weighted by Gasteiger charge is 2.45. The molecule has 2 aromatic carbocycles. The Kier molecular flexibility index (Phi) is 5.62. The van der Waals surface area contributed by atoms with Gasteiger partial charge in [0.2, 0.25) is 5.91 Å². The number of benzene rings is 2. The summed E-state index contributed by atoms with van der Waals surface area (Å²) in [5, 5.41) is 0. The van der Waals surface area contributed by atoms with Crippen LogP contribution in [-0.4, -0.2) is 15.5 Å². The Bertz CT molecular complexity index is 1270. The predicted molar refractivity (Wildman–Crippen MR) is 128 cm³/mol. The van der Waals surface area contributed by atoms with E-state index in [0.717, 1.165) is 30.4 Å². The van der Waals surface area contributed by atoms with E-state index in [1.165, 1.54) is 15.9 Å². The van der Waals surface area contributed by atoms with E-state index in [9.17, 15) is 14.4 Å². The quantitative estimate of drug-likeness (QED) is 0.610. The minimum atomic E-state index is -0.630. The number of carbonyl (C=O) groups excluding carboxylic acids is 1. The Morgan fingerprint density at radius 3 is 2.24 bits per heavy atom. The lowest BCUT2D eigenvalue weighted by molar-refractivity contribution is -0.124. The first-order chi connectivity index (χ1) is 16.0. The van der Waals surface area contributed by atoms with Gasteiger partial charge in [-0.05, 0) is 42.2 Å². The minimum Gasteiger partial charge on any atom is -0.383 e. The summed E-state index contributed by atoms with van der Waals surface area (Å²) in [4.78, 5) is 43.4. The molecule has 3 unspecified atom stereocenters. The van der Waals surface area contributed by atoms with Gasteiger partial charge in [-0.3, -0.25) is 24.0 Å². The molecule has 0 aliphatic heterocycles. The predicted octanol–water partition coefficient (Wildman–Crippen LogP) is 3.14. The number of hydrogen-bond donors (Lipinski definition) is 2. The smallest absolute Gasteiger partial charge is 0.330 e. The number of nitrogens with zero attached hydrogens (tertiary/aromatic N) is 2. The van der Waals surface area contributed by atoms with Crippen LogP contribution in [0.3, 0.4) is 0 Å². The van der Waals surface area contributed by atoms with Crippen molar-refractivity contribution in [2.24, 2.45) is 17.8 Å². The van der Waals surface area contributed by atoms with Gasteiger partial charge in [0.15, 0.2) is 5.69 Å². The van der Waals surface area contributed by atoms with E-state index in [0.29, 0.717) is 11.8 Å². The second kappa shape index (κ2) is 8.73. The molecule has 33 heavy (non-hydrogen) atoms. The zero-order valence-corrected chi connectivity index (χ0v) is 18.4. The van der Waals surface area contributed by atoms with Crippen LogP contribution in [0.1, 0.15) is 36.8 Å². The molecule has 2 saturated carbocycles. The van der Waals surface area contributed by atoms with Crippen LogP contribution in [0.15, 0.2) is 70.3 Å². The van der Waals surface area contributed by atoms with Crippen LogP contribution in [0.25, 0.3) is 0 Å². The normalized spacial score (nSPS) is 21.3. The number of aromatic amines is 1. The molecule has 7 heteroatoms. The van der Waals surface area contributed by atoms with Gasteiger partial charge in [-0.2, -0.15) is 0 Å². The number of carbonyl (C=O) groups is 1. The summed E-state index contributed by atoms with van der Waals surface area (Å²) in [6.07, 6.45) is 4.17. The number of aromatic nitrogens is 2. The number of hydrogen-bond acceptors (Lipinski definition) is 4. The zero-order valence-electron chi connectivity index (χ0n) is 18.4. The number of nitrogens with two attached hydrogens (primary N) is 1. The number of amides is 1. The molecule has 2 fully saturated rings. The Morgan fingerprint density at radius 2 is 1.64 bits per heavy atom. The van der Waals surface area contributed by atoms with Crippen molar-refractivity contribution in [3.63, 3.8) is 0 Å². The number of nitrogen functional groups attached to an aromatic ring is 1. The van der Waals surface area contributed by atoms with Crippen LogP contribution in [0, 0.1) is 17.8 Å². The maximum absolute atomic E-state index is 13.8. The van der Waals surface area contributed by atoms with Crippen LogP contribution in [-0.2, 0) is 17.9 Å². The molecule has 3 N–H and O–H groups in total. The Balaban J connectivity index is 1.58. The molecule has 0 spiro atoms. The average Bonchev–Trinajstić information content (AvgIpc) is 3.46. The first-order valence-corrected chi connectivity index (χ1v) is 11.5. The van der Waals surface area contributed by atoms with Crippen molar-refractivity contribution >= 4 is 17.4 Å². The van der Waals surface area contributed by atoms with Crippen molar-refractivity contribution in [3.05, 3.63) is 92.6 Å². The zero-order chi connectivity index (χ0) is 22.9. The van der Waals surface area contributed by atoms with Gasteiger partial charge in [-0.1, -0.05) is 67.1 Å². The van der Waals surface area contributed by atoms with Gasteiger partial charge in [0, 0.05) is 5.92 Å². The van der Waals surface area contributed by atoms with Gasteiger partial charge >= 0.3 is 5.69 Å².